The van der Waals surface area contributed by atoms with Gasteiger partial charge in [-0.25, -0.2) is 14.1 Å². The van der Waals surface area contributed by atoms with Crippen LogP contribution in [0, 0.1) is 17.7 Å². The van der Waals surface area contributed by atoms with Gasteiger partial charge >= 0.3 is 6.09 Å². The van der Waals surface area contributed by atoms with Crippen LogP contribution >= 0.6 is 0 Å². The van der Waals surface area contributed by atoms with Crippen LogP contribution in [0.5, 0.6) is 0 Å². The highest BCUT2D eigenvalue weighted by atomic mass is 19.1. The molecule has 0 N–H and O–H groups in total. The molecule has 0 bridgehead atoms. The summed E-state index contributed by atoms with van der Waals surface area (Å²) in [6.45, 7) is 5.80. The fourth-order valence-electron chi connectivity index (χ4n) is 5.97. The van der Waals surface area contributed by atoms with Crippen LogP contribution in [0.25, 0.3) is 0 Å². The molecule has 2 amide bonds. The van der Waals surface area contributed by atoms with Crippen LogP contribution in [0.4, 0.5) is 14.9 Å². The van der Waals surface area contributed by atoms with Gasteiger partial charge in [-0.1, -0.05) is 44.5 Å². The Morgan fingerprint density at radius 3 is 2.63 bits per heavy atom. The Morgan fingerprint density at radius 2 is 1.89 bits per heavy atom. The van der Waals surface area contributed by atoms with Crippen LogP contribution in [0.2, 0.25) is 0 Å². The molecule has 35 heavy (non-hydrogen) atoms. The molecule has 0 spiro atoms. The fourth-order valence-corrected chi connectivity index (χ4v) is 5.97. The summed E-state index contributed by atoms with van der Waals surface area (Å²) >= 11 is 0. The third kappa shape index (κ3) is 4.01. The summed E-state index contributed by atoms with van der Waals surface area (Å²) in [7, 11) is 0. The Labute approximate surface area is 206 Å². The molecule has 1 saturated heterocycles. The predicted molar refractivity (Wildman–Crippen MR) is 132 cm³/mol. The molecular formula is C29H33FN2O3. The van der Waals surface area contributed by atoms with E-state index in [1.54, 1.807) is 6.07 Å². The zero-order chi connectivity index (χ0) is 24.3. The van der Waals surface area contributed by atoms with Crippen LogP contribution in [-0.2, 0) is 22.5 Å². The molecule has 0 radical (unpaired) electrons. The number of hydrogen-bond acceptors (Lipinski definition) is 4. The number of carbonyl (C=O) groups excluding carboxylic acids is 2. The van der Waals surface area contributed by atoms with Crippen LogP contribution < -0.4 is 4.90 Å². The van der Waals surface area contributed by atoms with E-state index in [1.807, 2.05) is 19.9 Å². The topological polar surface area (TPSA) is 49.9 Å². The van der Waals surface area contributed by atoms with Gasteiger partial charge in [-0.05, 0) is 77.8 Å². The van der Waals surface area contributed by atoms with Crippen molar-refractivity contribution in [2.75, 3.05) is 18.1 Å². The number of ether oxygens (including phenoxy) is 1. The largest absolute Gasteiger partial charge is 0.447 e. The van der Waals surface area contributed by atoms with Crippen molar-refractivity contribution >= 4 is 17.7 Å². The van der Waals surface area contributed by atoms with E-state index in [9.17, 15) is 14.0 Å². The zero-order valence-electron chi connectivity index (χ0n) is 20.5. The van der Waals surface area contributed by atoms with Gasteiger partial charge in [-0.3, -0.25) is 4.79 Å². The number of imide groups is 1. The number of rotatable bonds is 5. The van der Waals surface area contributed by atoms with Gasteiger partial charge in [-0.15, -0.1) is 0 Å². The molecule has 6 rings (SSSR count). The van der Waals surface area contributed by atoms with Crippen molar-refractivity contribution in [1.29, 1.82) is 0 Å². The van der Waals surface area contributed by atoms with Gasteiger partial charge in [0.2, 0.25) is 5.91 Å². The lowest BCUT2D eigenvalue weighted by atomic mass is 9.80. The van der Waals surface area contributed by atoms with Gasteiger partial charge < -0.3 is 9.64 Å². The van der Waals surface area contributed by atoms with Crippen molar-refractivity contribution < 1.29 is 18.7 Å². The van der Waals surface area contributed by atoms with E-state index >= 15 is 0 Å². The highest BCUT2D eigenvalue weighted by Crippen LogP contribution is 2.50. The average molecular weight is 477 g/mol. The fraction of sp³-hybridized carbons (Fsp3) is 0.517. The standard InChI is InChI=1S/C29H33FN2O3/c1-17(2)27-16-35-29(34)32(27)28(33)24-14-23(24)21-6-7-22-15-31(11-10-20(22)12-21)26-13-19(8-9-25(26)30)18-4-3-5-18/h6-9,12-13,17-18,23-24,27H,3-5,10-11,14-16H2,1-2H3. The number of hydrogen-bond donors (Lipinski definition) is 0. The Balaban J connectivity index is 1.15. The molecule has 3 unspecified atom stereocenters. The van der Waals surface area contributed by atoms with Crippen LogP contribution in [0.1, 0.15) is 73.6 Å². The molecule has 0 aromatic heterocycles. The van der Waals surface area contributed by atoms with Gasteiger partial charge in [0.1, 0.15) is 12.4 Å². The molecule has 6 heteroatoms. The molecular weight excluding hydrogens is 443 g/mol. The number of carbonyl (C=O) groups is 2. The van der Waals surface area contributed by atoms with E-state index in [1.165, 1.54) is 46.4 Å². The Morgan fingerprint density at radius 1 is 1.09 bits per heavy atom. The molecule has 2 aliphatic carbocycles. The van der Waals surface area contributed by atoms with E-state index < -0.39 is 6.09 Å². The SMILES string of the molecule is CC(C)C1COC(=O)N1C(=O)C1CC1c1ccc2c(c1)CCN(c1cc(C3CCC3)ccc1F)C2. The zero-order valence-corrected chi connectivity index (χ0v) is 20.5. The first kappa shape index (κ1) is 22.6. The summed E-state index contributed by atoms with van der Waals surface area (Å²) in [5, 5.41) is 0. The summed E-state index contributed by atoms with van der Waals surface area (Å²) in [6.07, 6.45) is 4.81. The lowest BCUT2D eigenvalue weighted by Gasteiger charge is -2.33. The number of anilines is 1. The van der Waals surface area contributed by atoms with Gasteiger partial charge in [-0.2, -0.15) is 0 Å². The van der Waals surface area contributed by atoms with Crippen molar-refractivity contribution in [3.63, 3.8) is 0 Å². The molecule has 2 heterocycles. The molecule has 5 nitrogen and oxygen atoms in total. The van der Waals surface area contributed by atoms with E-state index in [4.69, 9.17) is 4.74 Å². The minimum Gasteiger partial charge on any atom is -0.447 e. The number of nitrogens with zero attached hydrogens (tertiary/aromatic N) is 2. The Kier molecular flexibility index (Phi) is 5.58. The van der Waals surface area contributed by atoms with E-state index in [2.05, 4.69) is 29.2 Å². The van der Waals surface area contributed by atoms with Crippen molar-refractivity contribution in [2.24, 2.45) is 11.8 Å². The first-order valence-corrected chi connectivity index (χ1v) is 13.1. The van der Waals surface area contributed by atoms with Crippen molar-refractivity contribution in [3.8, 4) is 0 Å². The average Bonchev–Trinajstić information content (AvgIpc) is 3.52. The quantitative estimate of drug-likeness (QED) is 0.550. The monoisotopic (exact) mass is 476 g/mol. The summed E-state index contributed by atoms with van der Waals surface area (Å²) in [5.74, 6) is 0.525. The third-order valence-electron chi connectivity index (χ3n) is 8.58. The second-order valence-electron chi connectivity index (χ2n) is 11.1. The number of cyclic esters (lactones) is 1. The number of halogens is 1. The molecule has 4 aliphatic rings. The molecule has 3 atom stereocenters. The highest BCUT2D eigenvalue weighted by Gasteiger charge is 2.51. The Hall–Kier alpha value is -2.89. The summed E-state index contributed by atoms with van der Waals surface area (Å²) in [6, 6.07) is 12.0. The van der Waals surface area contributed by atoms with Gasteiger partial charge in [0, 0.05) is 19.0 Å². The molecule has 2 saturated carbocycles. The normalized spacial score (nSPS) is 25.9. The van der Waals surface area contributed by atoms with E-state index in [0.29, 0.717) is 24.8 Å². The van der Waals surface area contributed by atoms with Crippen molar-refractivity contribution in [3.05, 3.63) is 64.5 Å². The summed E-state index contributed by atoms with van der Waals surface area (Å²) in [4.78, 5) is 28.8. The van der Waals surface area contributed by atoms with E-state index in [0.717, 1.165) is 19.4 Å². The van der Waals surface area contributed by atoms with Gasteiger partial charge in [0.15, 0.2) is 0 Å². The lowest BCUT2D eigenvalue weighted by Crippen LogP contribution is -2.42. The van der Waals surface area contributed by atoms with Crippen molar-refractivity contribution in [2.45, 2.75) is 70.4 Å². The van der Waals surface area contributed by atoms with Crippen LogP contribution in [0.15, 0.2) is 36.4 Å². The maximum atomic E-state index is 14.7. The lowest BCUT2D eigenvalue weighted by molar-refractivity contribution is -0.131. The second-order valence-corrected chi connectivity index (χ2v) is 11.1. The number of fused-ring (bicyclic) bond motifs is 1. The minimum absolute atomic E-state index is 0.0954. The Bertz CT molecular complexity index is 1170. The first-order chi connectivity index (χ1) is 16.9. The second kappa shape index (κ2) is 8.65. The first-order valence-electron chi connectivity index (χ1n) is 13.1. The molecule has 2 aromatic rings. The smallest absolute Gasteiger partial charge is 0.416 e. The van der Waals surface area contributed by atoms with Crippen molar-refractivity contribution in [1.82, 2.24) is 4.90 Å². The molecule has 2 aromatic carbocycles. The highest BCUT2D eigenvalue weighted by molar-refractivity contribution is 5.96. The maximum absolute atomic E-state index is 14.7. The van der Waals surface area contributed by atoms with Crippen LogP contribution in [-0.4, -0.2) is 36.1 Å². The third-order valence-corrected chi connectivity index (χ3v) is 8.58. The molecule has 3 fully saturated rings. The summed E-state index contributed by atoms with van der Waals surface area (Å²) < 4.78 is 19.9. The minimum atomic E-state index is -0.501. The summed E-state index contributed by atoms with van der Waals surface area (Å²) in [5.41, 5.74) is 5.66. The van der Waals surface area contributed by atoms with Gasteiger partial charge in [0.25, 0.3) is 0 Å². The maximum Gasteiger partial charge on any atom is 0.416 e. The number of amides is 2. The van der Waals surface area contributed by atoms with Crippen LogP contribution in [0.3, 0.4) is 0 Å². The predicted octanol–water partition coefficient (Wildman–Crippen LogP) is 5.76. The van der Waals surface area contributed by atoms with E-state index in [-0.39, 0.29) is 35.5 Å². The van der Waals surface area contributed by atoms with Gasteiger partial charge in [0.05, 0.1) is 11.7 Å². The number of benzene rings is 2. The molecule has 184 valence electrons. The molecule has 2 aliphatic heterocycles.